The van der Waals surface area contributed by atoms with Crippen molar-refractivity contribution in [3.05, 3.63) is 53.7 Å². The second-order valence-corrected chi connectivity index (χ2v) is 7.39. The van der Waals surface area contributed by atoms with Gasteiger partial charge in [0.2, 0.25) is 0 Å². The van der Waals surface area contributed by atoms with Gasteiger partial charge in [-0.3, -0.25) is 14.5 Å². The summed E-state index contributed by atoms with van der Waals surface area (Å²) in [4.78, 5) is 27.5. The molecule has 170 valence electrons. The van der Waals surface area contributed by atoms with Gasteiger partial charge in [0.15, 0.2) is 11.5 Å². The SMILES string of the molecule is COCCN1C(=O)C(Nc2ccc(OC)c(OC)c2)=C(c2ccc(OC(C)C)cc2)C1=O. The number of ether oxygens (including phenoxy) is 4. The van der Waals surface area contributed by atoms with Crippen molar-refractivity contribution in [1.29, 1.82) is 0 Å². The molecule has 1 N–H and O–H groups in total. The molecule has 0 radical (unpaired) electrons. The number of nitrogens with one attached hydrogen (secondary N) is 1. The maximum Gasteiger partial charge on any atom is 0.278 e. The van der Waals surface area contributed by atoms with Crippen LogP contribution in [0.25, 0.3) is 5.57 Å². The first kappa shape index (κ1) is 23.1. The number of benzene rings is 2. The van der Waals surface area contributed by atoms with Gasteiger partial charge in [-0.25, -0.2) is 0 Å². The molecule has 1 aliphatic heterocycles. The molecule has 0 unspecified atom stereocenters. The quantitative estimate of drug-likeness (QED) is 0.567. The molecule has 32 heavy (non-hydrogen) atoms. The minimum absolute atomic E-state index is 0.0292. The molecule has 2 amide bonds. The average molecular weight is 440 g/mol. The van der Waals surface area contributed by atoms with E-state index in [0.29, 0.717) is 28.5 Å². The Morgan fingerprint density at radius 3 is 2.19 bits per heavy atom. The van der Waals surface area contributed by atoms with Gasteiger partial charge in [-0.15, -0.1) is 0 Å². The van der Waals surface area contributed by atoms with Crippen molar-refractivity contribution >= 4 is 23.1 Å². The lowest BCUT2D eigenvalue weighted by Crippen LogP contribution is -2.35. The van der Waals surface area contributed by atoms with E-state index in [1.54, 1.807) is 49.6 Å². The maximum absolute atomic E-state index is 13.2. The van der Waals surface area contributed by atoms with E-state index in [9.17, 15) is 9.59 Å². The molecule has 0 spiro atoms. The second-order valence-electron chi connectivity index (χ2n) is 7.39. The Morgan fingerprint density at radius 1 is 0.906 bits per heavy atom. The smallest absolute Gasteiger partial charge is 0.278 e. The monoisotopic (exact) mass is 440 g/mol. The number of anilines is 1. The predicted octanol–water partition coefficient (Wildman–Crippen LogP) is 3.33. The Bertz CT molecular complexity index is 1010. The minimum Gasteiger partial charge on any atom is -0.493 e. The highest BCUT2D eigenvalue weighted by Crippen LogP contribution is 2.34. The molecule has 0 bridgehead atoms. The van der Waals surface area contributed by atoms with E-state index in [0.717, 1.165) is 0 Å². The van der Waals surface area contributed by atoms with Crippen LogP contribution in [-0.4, -0.2) is 57.3 Å². The van der Waals surface area contributed by atoms with Crippen LogP contribution in [0.4, 0.5) is 5.69 Å². The first-order valence-corrected chi connectivity index (χ1v) is 10.2. The molecule has 1 aliphatic rings. The minimum atomic E-state index is -0.417. The normalized spacial score (nSPS) is 13.8. The lowest BCUT2D eigenvalue weighted by atomic mass is 10.0. The van der Waals surface area contributed by atoms with Crippen LogP contribution in [-0.2, 0) is 14.3 Å². The van der Waals surface area contributed by atoms with Gasteiger partial charge < -0.3 is 24.3 Å². The molecule has 0 saturated heterocycles. The van der Waals surface area contributed by atoms with Crippen LogP contribution in [0.3, 0.4) is 0 Å². The Balaban J connectivity index is 2.01. The van der Waals surface area contributed by atoms with Crippen LogP contribution < -0.4 is 19.5 Å². The predicted molar refractivity (Wildman–Crippen MR) is 121 cm³/mol. The zero-order valence-corrected chi connectivity index (χ0v) is 18.9. The molecule has 8 nitrogen and oxygen atoms in total. The number of amides is 2. The van der Waals surface area contributed by atoms with E-state index in [1.807, 2.05) is 13.8 Å². The van der Waals surface area contributed by atoms with Crippen LogP contribution in [0.1, 0.15) is 19.4 Å². The molecule has 3 rings (SSSR count). The summed E-state index contributed by atoms with van der Waals surface area (Å²) in [5, 5.41) is 3.11. The standard InChI is InChI=1S/C24H28N2O6/c1-15(2)32-18-9-6-16(7-10-18)21-22(24(28)26(23(21)27)12-13-29-3)25-17-8-11-19(30-4)20(14-17)31-5/h6-11,14-15,25H,12-13H2,1-5H3. The van der Waals surface area contributed by atoms with Crippen molar-refractivity contribution in [2.75, 3.05) is 39.8 Å². The molecular formula is C24H28N2O6. The van der Waals surface area contributed by atoms with E-state index in [-0.39, 0.29) is 36.4 Å². The number of methoxy groups -OCH3 is 3. The third-order valence-corrected chi connectivity index (χ3v) is 4.85. The van der Waals surface area contributed by atoms with Gasteiger partial charge in [0.05, 0.1) is 39.0 Å². The largest absolute Gasteiger partial charge is 0.493 e. The highest BCUT2D eigenvalue weighted by atomic mass is 16.5. The molecular weight excluding hydrogens is 412 g/mol. The molecule has 0 aromatic heterocycles. The van der Waals surface area contributed by atoms with Crippen LogP contribution in [0.15, 0.2) is 48.2 Å². The number of rotatable bonds is 10. The molecule has 2 aromatic rings. The van der Waals surface area contributed by atoms with Crippen molar-refractivity contribution in [3.8, 4) is 17.2 Å². The van der Waals surface area contributed by atoms with Crippen LogP contribution in [0.2, 0.25) is 0 Å². The van der Waals surface area contributed by atoms with E-state index in [2.05, 4.69) is 5.32 Å². The first-order valence-electron chi connectivity index (χ1n) is 10.2. The number of hydrogen-bond donors (Lipinski definition) is 1. The lowest BCUT2D eigenvalue weighted by molar-refractivity contribution is -0.137. The number of carbonyl (C=O) groups is 2. The van der Waals surface area contributed by atoms with Crippen LogP contribution in [0, 0.1) is 0 Å². The Kier molecular flexibility index (Phi) is 7.37. The lowest BCUT2D eigenvalue weighted by Gasteiger charge is -2.15. The van der Waals surface area contributed by atoms with Gasteiger partial charge in [-0.05, 0) is 43.7 Å². The number of imide groups is 1. The molecule has 0 saturated carbocycles. The zero-order valence-electron chi connectivity index (χ0n) is 18.9. The summed E-state index contributed by atoms with van der Waals surface area (Å²) in [7, 11) is 4.60. The number of carbonyl (C=O) groups excluding carboxylic acids is 2. The summed E-state index contributed by atoms with van der Waals surface area (Å²) in [6, 6.07) is 12.3. The summed E-state index contributed by atoms with van der Waals surface area (Å²) in [5.41, 5.74) is 1.68. The van der Waals surface area contributed by atoms with E-state index in [4.69, 9.17) is 18.9 Å². The van der Waals surface area contributed by atoms with Crippen molar-refractivity contribution < 1.29 is 28.5 Å². The fraction of sp³-hybridized carbons (Fsp3) is 0.333. The summed E-state index contributed by atoms with van der Waals surface area (Å²) in [6.45, 7) is 4.28. The van der Waals surface area contributed by atoms with Crippen LogP contribution >= 0.6 is 0 Å². The van der Waals surface area contributed by atoms with Crippen molar-refractivity contribution in [1.82, 2.24) is 4.90 Å². The molecule has 2 aromatic carbocycles. The molecule has 8 heteroatoms. The second kappa shape index (κ2) is 10.2. The summed E-state index contributed by atoms with van der Waals surface area (Å²) in [5.74, 6) is 0.949. The van der Waals surface area contributed by atoms with E-state index in [1.165, 1.54) is 19.1 Å². The topological polar surface area (TPSA) is 86.3 Å². The van der Waals surface area contributed by atoms with Gasteiger partial charge in [0.1, 0.15) is 11.4 Å². The van der Waals surface area contributed by atoms with Gasteiger partial charge in [-0.2, -0.15) is 0 Å². The van der Waals surface area contributed by atoms with Gasteiger partial charge >= 0.3 is 0 Å². The Morgan fingerprint density at radius 2 is 1.59 bits per heavy atom. The fourth-order valence-electron chi connectivity index (χ4n) is 3.38. The zero-order chi connectivity index (χ0) is 23.3. The van der Waals surface area contributed by atoms with E-state index < -0.39 is 5.91 Å². The van der Waals surface area contributed by atoms with Crippen LogP contribution in [0.5, 0.6) is 17.2 Å². The average Bonchev–Trinajstić information content (AvgIpc) is 3.01. The number of hydrogen-bond acceptors (Lipinski definition) is 7. The van der Waals surface area contributed by atoms with Gasteiger partial charge in [-0.1, -0.05) is 12.1 Å². The van der Waals surface area contributed by atoms with Gasteiger partial charge in [0, 0.05) is 18.9 Å². The van der Waals surface area contributed by atoms with Crippen molar-refractivity contribution in [3.63, 3.8) is 0 Å². The van der Waals surface area contributed by atoms with Crippen molar-refractivity contribution in [2.45, 2.75) is 20.0 Å². The maximum atomic E-state index is 13.2. The summed E-state index contributed by atoms with van der Waals surface area (Å²) >= 11 is 0. The molecule has 1 heterocycles. The Labute approximate surface area is 187 Å². The van der Waals surface area contributed by atoms with Gasteiger partial charge in [0.25, 0.3) is 11.8 Å². The summed E-state index contributed by atoms with van der Waals surface area (Å²) in [6.07, 6.45) is 0.0292. The highest BCUT2D eigenvalue weighted by molar-refractivity contribution is 6.36. The third kappa shape index (κ3) is 4.86. The van der Waals surface area contributed by atoms with Crippen molar-refractivity contribution in [2.24, 2.45) is 0 Å². The highest BCUT2D eigenvalue weighted by Gasteiger charge is 2.39. The Hall–Kier alpha value is -3.52. The number of nitrogens with zero attached hydrogens (tertiary/aromatic N) is 1. The molecule has 0 atom stereocenters. The molecule has 0 fully saturated rings. The molecule has 0 aliphatic carbocycles. The van der Waals surface area contributed by atoms with E-state index >= 15 is 0 Å². The fourth-order valence-corrected chi connectivity index (χ4v) is 3.38. The summed E-state index contributed by atoms with van der Waals surface area (Å²) < 4.78 is 21.4. The third-order valence-electron chi connectivity index (χ3n) is 4.85. The first-order chi connectivity index (χ1) is 15.4.